The van der Waals surface area contributed by atoms with Gasteiger partial charge in [0.1, 0.15) is 5.75 Å². The lowest BCUT2D eigenvalue weighted by atomic mass is 9.85. The Balaban J connectivity index is 1.48. The van der Waals surface area contributed by atoms with Crippen LogP contribution in [0.15, 0.2) is 36.4 Å². The molecular weight excluding hydrogens is 312 g/mol. The predicted octanol–water partition coefficient (Wildman–Crippen LogP) is 0.668. The Morgan fingerprint density at radius 2 is 1.71 bits per heavy atom. The molecule has 3 heterocycles. The second-order valence-electron chi connectivity index (χ2n) is 5.91. The van der Waals surface area contributed by atoms with Crippen LogP contribution >= 0.6 is 0 Å². The van der Waals surface area contributed by atoms with Gasteiger partial charge in [0.15, 0.2) is 0 Å². The number of carbonyl (C=O) groups is 3. The minimum Gasteiger partial charge on any atom is -0.494 e. The standard InChI is InChI=1S/C17H16N2O5/c1-2-23-10-5-3-9(4-6-10)15(20)18-19-16(21)13-11-7-8-12(24-11)14(13)17(19)22/h3-8,11-14H,2H2,1H3,(H,18,20)/t11-,12-,13-,14+/m1/s1. The zero-order valence-electron chi connectivity index (χ0n) is 13.0. The van der Waals surface area contributed by atoms with Crippen LogP contribution in [0.4, 0.5) is 0 Å². The highest BCUT2D eigenvalue weighted by Gasteiger charge is 2.61. The van der Waals surface area contributed by atoms with E-state index in [-0.39, 0.29) is 12.2 Å². The molecule has 0 unspecified atom stereocenters. The highest BCUT2D eigenvalue weighted by Crippen LogP contribution is 2.44. The van der Waals surface area contributed by atoms with Gasteiger partial charge in [-0.3, -0.25) is 19.8 Å². The number of rotatable bonds is 4. The molecule has 124 valence electrons. The maximum atomic E-state index is 12.4. The minimum absolute atomic E-state index is 0.341. The van der Waals surface area contributed by atoms with Crippen molar-refractivity contribution >= 4 is 17.7 Å². The largest absolute Gasteiger partial charge is 0.494 e. The van der Waals surface area contributed by atoms with Crippen molar-refractivity contribution in [2.24, 2.45) is 11.8 Å². The molecular formula is C17H16N2O5. The maximum Gasteiger partial charge on any atom is 0.270 e. The molecule has 1 N–H and O–H groups in total. The van der Waals surface area contributed by atoms with Crippen molar-refractivity contribution in [1.82, 2.24) is 10.4 Å². The van der Waals surface area contributed by atoms with Gasteiger partial charge in [-0.15, -0.1) is 0 Å². The van der Waals surface area contributed by atoms with E-state index in [0.717, 1.165) is 5.01 Å². The summed E-state index contributed by atoms with van der Waals surface area (Å²) < 4.78 is 10.9. The Morgan fingerprint density at radius 3 is 2.25 bits per heavy atom. The fraction of sp³-hybridized carbons (Fsp3) is 0.353. The number of amides is 3. The summed E-state index contributed by atoms with van der Waals surface area (Å²) in [7, 11) is 0. The van der Waals surface area contributed by atoms with Gasteiger partial charge >= 0.3 is 0 Å². The first kappa shape index (κ1) is 14.9. The molecule has 7 heteroatoms. The molecule has 4 atom stereocenters. The van der Waals surface area contributed by atoms with Crippen molar-refractivity contribution in [3.63, 3.8) is 0 Å². The molecule has 0 saturated carbocycles. The summed E-state index contributed by atoms with van der Waals surface area (Å²) >= 11 is 0. The van der Waals surface area contributed by atoms with Crippen molar-refractivity contribution in [3.8, 4) is 5.75 Å². The molecule has 0 aliphatic carbocycles. The van der Waals surface area contributed by atoms with E-state index in [0.29, 0.717) is 17.9 Å². The van der Waals surface area contributed by atoms with Crippen molar-refractivity contribution in [2.75, 3.05) is 6.61 Å². The Kier molecular flexibility index (Phi) is 3.38. The number of nitrogens with zero attached hydrogens (tertiary/aromatic N) is 1. The van der Waals surface area contributed by atoms with Crippen LogP contribution in [0.5, 0.6) is 5.75 Å². The quantitative estimate of drug-likeness (QED) is 0.649. The van der Waals surface area contributed by atoms with Crippen molar-refractivity contribution in [3.05, 3.63) is 42.0 Å². The number of carbonyl (C=O) groups excluding carboxylic acids is 3. The monoisotopic (exact) mass is 328 g/mol. The van der Waals surface area contributed by atoms with E-state index < -0.39 is 29.6 Å². The number of hydrogen-bond donors (Lipinski definition) is 1. The van der Waals surface area contributed by atoms with Crippen LogP contribution in [0.3, 0.4) is 0 Å². The molecule has 0 radical (unpaired) electrons. The molecule has 4 rings (SSSR count). The lowest BCUT2D eigenvalue weighted by Gasteiger charge is -2.18. The van der Waals surface area contributed by atoms with Crippen LogP contribution in [0.1, 0.15) is 17.3 Å². The molecule has 2 bridgehead atoms. The number of nitrogens with one attached hydrogen (secondary N) is 1. The highest BCUT2D eigenvalue weighted by molar-refractivity contribution is 6.09. The van der Waals surface area contributed by atoms with Gasteiger partial charge in [-0.05, 0) is 31.2 Å². The Labute approximate surface area is 138 Å². The third-order valence-electron chi connectivity index (χ3n) is 4.55. The summed E-state index contributed by atoms with van der Waals surface area (Å²) in [5, 5.41) is 0.837. The number of hydrazine groups is 1. The SMILES string of the molecule is CCOc1ccc(C(=O)NN2C(=O)[C@@H]3[C@H](C2=O)[C@H]2C=C[C@H]3O2)cc1. The number of fused-ring (bicyclic) bond motifs is 5. The van der Waals surface area contributed by atoms with Gasteiger partial charge in [0, 0.05) is 5.56 Å². The normalized spacial score (nSPS) is 30.0. The summed E-state index contributed by atoms with van der Waals surface area (Å²) in [6, 6.07) is 6.50. The molecule has 24 heavy (non-hydrogen) atoms. The van der Waals surface area contributed by atoms with Crippen molar-refractivity contribution < 1.29 is 23.9 Å². The molecule has 3 aliphatic rings. The van der Waals surface area contributed by atoms with Gasteiger partial charge in [-0.1, -0.05) is 12.2 Å². The average molecular weight is 328 g/mol. The second-order valence-corrected chi connectivity index (χ2v) is 5.91. The Bertz CT molecular complexity index is 712. The van der Waals surface area contributed by atoms with Crippen molar-refractivity contribution in [1.29, 1.82) is 0 Å². The molecule has 3 amide bonds. The molecule has 7 nitrogen and oxygen atoms in total. The van der Waals surface area contributed by atoms with Crippen LogP contribution in [0.2, 0.25) is 0 Å². The van der Waals surface area contributed by atoms with Gasteiger partial charge in [0.25, 0.3) is 17.7 Å². The number of hydrogen-bond acceptors (Lipinski definition) is 5. The average Bonchev–Trinajstić information content (AvgIpc) is 3.26. The van der Waals surface area contributed by atoms with Gasteiger partial charge in [0.2, 0.25) is 0 Å². The number of benzene rings is 1. The maximum absolute atomic E-state index is 12.4. The van der Waals surface area contributed by atoms with E-state index in [1.54, 1.807) is 36.4 Å². The topological polar surface area (TPSA) is 84.9 Å². The first-order valence-corrected chi connectivity index (χ1v) is 7.85. The van der Waals surface area contributed by atoms with E-state index in [1.165, 1.54) is 0 Å². The smallest absolute Gasteiger partial charge is 0.270 e. The minimum atomic E-state index is -0.534. The lowest BCUT2D eigenvalue weighted by Crippen LogP contribution is -2.47. The number of imide groups is 1. The van der Waals surface area contributed by atoms with E-state index in [9.17, 15) is 14.4 Å². The summed E-state index contributed by atoms with van der Waals surface area (Å²) in [6.07, 6.45) is 2.86. The Morgan fingerprint density at radius 1 is 1.12 bits per heavy atom. The van der Waals surface area contributed by atoms with Crippen LogP contribution in [0.25, 0.3) is 0 Å². The third kappa shape index (κ3) is 2.12. The predicted molar refractivity (Wildman–Crippen MR) is 81.7 cm³/mol. The molecule has 2 fully saturated rings. The molecule has 0 aromatic heterocycles. The molecule has 0 spiro atoms. The van der Waals surface area contributed by atoms with Crippen LogP contribution in [-0.2, 0) is 14.3 Å². The summed E-state index contributed by atoms with van der Waals surface area (Å²) in [5.41, 5.74) is 2.76. The molecule has 2 saturated heterocycles. The number of ether oxygens (including phenoxy) is 2. The zero-order valence-corrected chi connectivity index (χ0v) is 13.0. The molecule has 1 aromatic rings. The second kappa shape index (κ2) is 5.45. The van der Waals surface area contributed by atoms with E-state index >= 15 is 0 Å². The molecule has 1 aromatic carbocycles. The third-order valence-corrected chi connectivity index (χ3v) is 4.55. The molecule has 3 aliphatic heterocycles. The van der Waals surface area contributed by atoms with Gasteiger partial charge in [-0.25, -0.2) is 0 Å². The van der Waals surface area contributed by atoms with Crippen LogP contribution in [-0.4, -0.2) is 41.5 Å². The van der Waals surface area contributed by atoms with Crippen LogP contribution < -0.4 is 10.2 Å². The van der Waals surface area contributed by atoms with Gasteiger partial charge in [-0.2, -0.15) is 5.01 Å². The van der Waals surface area contributed by atoms with Crippen LogP contribution in [0, 0.1) is 11.8 Å². The Hall–Kier alpha value is -2.67. The van der Waals surface area contributed by atoms with Gasteiger partial charge < -0.3 is 9.47 Å². The fourth-order valence-electron chi connectivity index (χ4n) is 3.45. The van der Waals surface area contributed by atoms with Crippen molar-refractivity contribution in [2.45, 2.75) is 19.1 Å². The summed E-state index contributed by atoms with van der Waals surface area (Å²) in [6.45, 7) is 2.40. The summed E-state index contributed by atoms with van der Waals surface area (Å²) in [4.78, 5) is 37.2. The van der Waals surface area contributed by atoms with E-state index in [1.807, 2.05) is 6.92 Å². The first-order chi connectivity index (χ1) is 11.6. The lowest BCUT2D eigenvalue weighted by molar-refractivity contribution is -0.145. The summed E-state index contributed by atoms with van der Waals surface area (Å²) in [5.74, 6) is -1.76. The van der Waals surface area contributed by atoms with E-state index in [2.05, 4.69) is 5.43 Å². The van der Waals surface area contributed by atoms with E-state index in [4.69, 9.17) is 9.47 Å². The zero-order chi connectivity index (χ0) is 16.8. The highest BCUT2D eigenvalue weighted by atomic mass is 16.5. The fourth-order valence-corrected chi connectivity index (χ4v) is 3.45. The van der Waals surface area contributed by atoms with Gasteiger partial charge in [0.05, 0.1) is 30.7 Å². The first-order valence-electron chi connectivity index (χ1n) is 7.85.